The molecule has 0 unspecified atom stereocenters. The molecule has 172 valence electrons. The van der Waals surface area contributed by atoms with Crippen LogP contribution in [0.25, 0.3) is 16.5 Å². The number of aromatic nitrogens is 1. The number of anilines is 2. The average Bonchev–Trinajstić information content (AvgIpc) is 3.14. The van der Waals surface area contributed by atoms with E-state index in [2.05, 4.69) is 16.9 Å². The molecule has 0 saturated carbocycles. The number of nitrogens with two attached hydrogens (primary N) is 1. The number of carbonyl (C=O) groups excluding carboxylic acids is 3. The van der Waals surface area contributed by atoms with Crippen LogP contribution in [0.1, 0.15) is 29.9 Å². The molecule has 33 heavy (non-hydrogen) atoms. The summed E-state index contributed by atoms with van der Waals surface area (Å²) in [5.74, 6) is -1.28. The second kappa shape index (κ2) is 9.97. The molecular weight excluding hydrogens is 467 g/mol. The number of rotatable bonds is 7. The molecule has 1 heterocycles. The fourth-order valence-electron chi connectivity index (χ4n) is 3.48. The van der Waals surface area contributed by atoms with E-state index >= 15 is 0 Å². The van der Waals surface area contributed by atoms with Gasteiger partial charge in [0.25, 0.3) is 5.91 Å². The molecule has 3 amide bonds. The number of halogens is 2. The van der Waals surface area contributed by atoms with Crippen LogP contribution in [-0.4, -0.2) is 36.0 Å². The summed E-state index contributed by atoms with van der Waals surface area (Å²) < 4.78 is 5.13. The van der Waals surface area contributed by atoms with Crippen molar-refractivity contribution in [3.63, 3.8) is 0 Å². The number of aromatic amines is 1. The minimum absolute atomic E-state index is 0.0248. The zero-order chi connectivity index (χ0) is 24.3. The molecule has 8 nitrogen and oxygen atoms in total. The van der Waals surface area contributed by atoms with E-state index in [1.807, 2.05) is 0 Å². The van der Waals surface area contributed by atoms with E-state index < -0.39 is 17.9 Å². The van der Waals surface area contributed by atoms with Crippen LogP contribution >= 0.6 is 23.2 Å². The molecular formula is C23H22Cl2N4O4. The van der Waals surface area contributed by atoms with Gasteiger partial charge in [0.1, 0.15) is 5.69 Å². The number of ether oxygens (including phenoxy) is 1. The number of fused-ring (bicyclic) bond motifs is 1. The van der Waals surface area contributed by atoms with Crippen molar-refractivity contribution in [3.05, 3.63) is 64.3 Å². The Kier molecular flexibility index (Phi) is 7.30. The van der Waals surface area contributed by atoms with Crippen molar-refractivity contribution < 1.29 is 19.1 Å². The van der Waals surface area contributed by atoms with Gasteiger partial charge in [0.2, 0.25) is 0 Å². The Morgan fingerprint density at radius 3 is 2.52 bits per heavy atom. The summed E-state index contributed by atoms with van der Waals surface area (Å²) in [6, 6.07) is 9.12. The van der Waals surface area contributed by atoms with Crippen molar-refractivity contribution in [2.24, 2.45) is 5.73 Å². The van der Waals surface area contributed by atoms with Crippen LogP contribution in [0.3, 0.4) is 0 Å². The molecule has 0 aliphatic rings. The number of benzene rings is 2. The van der Waals surface area contributed by atoms with E-state index in [0.717, 1.165) is 0 Å². The van der Waals surface area contributed by atoms with Crippen molar-refractivity contribution in [1.82, 2.24) is 4.98 Å². The van der Waals surface area contributed by atoms with E-state index in [1.165, 1.54) is 11.0 Å². The summed E-state index contributed by atoms with van der Waals surface area (Å²) in [7, 11) is 0. The molecule has 0 atom stereocenters. The minimum Gasteiger partial charge on any atom is -0.461 e. The van der Waals surface area contributed by atoms with Crippen LogP contribution in [0.4, 0.5) is 16.2 Å². The second-order valence-electron chi connectivity index (χ2n) is 6.94. The molecule has 0 aliphatic carbocycles. The van der Waals surface area contributed by atoms with E-state index in [-0.39, 0.29) is 28.5 Å². The van der Waals surface area contributed by atoms with Crippen molar-refractivity contribution in [2.45, 2.75) is 13.8 Å². The third kappa shape index (κ3) is 4.81. The molecule has 4 N–H and O–H groups in total. The summed E-state index contributed by atoms with van der Waals surface area (Å²) in [6.45, 7) is 7.76. The smallest absolute Gasteiger partial charge is 0.355 e. The number of hydrogen-bond donors (Lipinski definition) is 3. The highest BCUT2D eigenvalue weighted by Gasteiger charge is 2.27. The number of esters is 1. The second-order valence-corrected chi connectivity index (χ2v) is 7.78. The lowest BCUT2D eigenvalue weighted by Gasteiger charge is -2.22. The first-order valence-corrected chi connectivity index (χ1v) is 10.8. The summed E-state index contributed by atoms with van der Waals surface area (Å²) in [5, 5.41) is 3.73. The monoisotopic (exact) mass is 488 g/mol. The van der Waals surface area contributed by atoms with Crippen LogP contribution in [0.5, 0.6) is 0 Å². The minimum atomic E-state index is -0.670. The van der Waals surface area contributed by atoms with Gasteiger partial charge < -0.3 is 20.8 Å². The number of urea groups is 1. The molecule has 2 aromatic carbocycles. The molecule has 3 aromatic rings. The van der Waals surface area contributed by atoms with E-state index in [1.54, 1.807) is 44.2 Å². The topological polar surface area (TPSA) is 118 Å². The van der Waals surface area contributed by atoms with Gasteiger partial charge in [0.05, 0.1) is 23.0 Å². The maximum Gasteiger partial charge on any atom is 0.355 e. The summed E-state index contributed by atoms with van der Waals surface area (Å²) >= 11 is 12.5. The Bertz CT molecular complexity index is 1270. The number of primary amides is 1. The van der Waals surface area contributed by atoms with Crippen LogP contribution < -0.4 is 16.0 Å². The maximum atomic E-state index is 13.2. The highest BCUT2D eigenvalue weighted by Crippen LogP contribution is 2.37. The number of nitrogens with one attached hydrogen (secondary N) is 2. The number of carbonyl (C=O) groups is 3. The largest absolute Gasteiger partial charge is 0.461 e. The van der Waals surface area contributed by atoms with Crippen LogP contribution in [0, 0.1) is 0 Å². The predicted octanol–water partition coefficient (Wildman–Crippen LogP) is 5.21. The molecule has 0 aliphatic heterocycles. The lowest BCUT2D eigenvalue weighted by atomic mass is 10.0. The van der Waals surface area contributed by atoms with E-state index in [4.69, 9.17) is 33.7 Å². The first-order valence-electron chi connectivity index (χ1n) is 10.0. The van der Waals surface area contributed by atoms with Gasteiger partial charge >= 0.3 is 12.0 Å². The van der Waals surface area contributed by atoms with Crippen molar-refractivity contribution in [2.75, 3.05) is 23.4 Å². The number of H-pyrrole nitrogens is 1. The lowest BCUT2D eigenvalue weighted by Crippen LogP contribution is -2.36. The number of para-hydroxylation sites is 2. The van der Waals surface area contributed by atoms with E-state index in [9.17, 15) is 14.4 Å². The zero-order valence-electron chi connectivity index (χ0n) is 18.0. The van der Waals surface area contributed by atoms with Crippen molar-refractivity contribution in [1.29, 1.82) is 0 Å². The number of nitrogens with zero attached hydrogens (tertiary/aromatic N) is 1. The molecule has 0 radical (unpaired) electrons. The number of amides is 3. The van der Waals surface area contributed by atoms with Gasteiger partial charge in [-0.15, -0.1) is 0 Å². The third-order valence-electron chi connectivity index (χ3n) is 4.90. The predicted molar refractivity (Wildman–Crippen MR) is 131 cm³/mol. The Hall–Kier alpha value is -3.49. The first-order chi connectivity index (χ1) is 15.7. The fraction of sp³-hybridized carbons (Fsp3) is 0.174. The summed E-state index contributed by atoms with van der Waals surface area (Å²) in [4.78, 5) is 41.9. The fourth-order valence-corrected chi connectivity index (χ4v) is 4.07. The molecule has 10 heteroatoms. The highest BCUT2D eigenvalue weighted by molar-refractivity contribution is 6.41. The Balaban J connectivity index is 2.07. The van der Waals surface area contributed by atoms with Gasteiger partial charge in [0.15, 0.2) is 0 Å². The van der Waals surface area contributed by atoms with Gasteiger partial charge in [-0.3, -0.25) is 9.69 Å². The van der Waals surface area contributed by atoms with Crippen LogP contribution in [-0.2, 0) is 9.53 Å². The lowest BCUT2D eigenvalue weighted by molar-refractivity contribution is -0.111. The molecule has 3 rings (SSSR count). The molecule has 0 bridgehead atoms. The average molecular weight is 489 g/mol. The van der Waals surface area contributed by atoms with Crippen LogP contribution in [0.15, 0.2) is 43.0 Å². The highest BCUT2D eigenvalue weighted by atomic mass is 35.5. The summed E-state index contributed by atoms with van der Waals surface area (Å²) in [6.07, 6.45) is 0. The maximum absolute atomic E-state index is 13.2. The standard InChI is InChI=1S/C23H22Cl2N4O4/c1-4-29(23(26)32)17-9-7-6-8-15(17)28-21(30)12(3)18-19-14(25)10-13(24)11-16(19)27-20(18)22(31)33-5-2/h6-11,27H,3-5H2,1-2H3,(H2,26,32)(H,28,30). The Labute approximate surface area is 200 Å². The molecule has 0 spiro atoms. The van der Waals surface area contributed by atoms with Crippen molar-refractivity contribution in [3.8, 4) is 0 Å². The summed E-state index contributed by atoms with van der Waals surface area (Å²) in [5.41, 5.74) is 6.86. The normalized spacial score (nSPS) is 10.7. The quantitative estimate of drug-likeness (QED) is 0.312. The van der Waals surface area contributed by atoms with Gasteiger partial charge in [-0.05, 0) is 38.1 Å². The van der Waals surface area contributed by atoms with Gasteiger partial charge in [-0.1, -0.05) is 41.9 Å². The SMILES string of the molecule is C=C(C(=O)Nc1ccccc1N(CC)C(N)=O)c1c(C(=O)OCC)[nH]c2cc(Cl)cc(Cl)c12. The Morgan fingerprint density at radius 2 is 1.88 bits per heavy atom. The van der Waals surface area contributed by atoms with Crippen LogP contribution in [0.2, 0.25) is 10.0 Å². The number of hydrogen-bond acceptors (Lipinski definition) is 4. The zero-order valence-corrected chi connectivity index (χ0v) is 19.5. The van der Waals surface area contributed by atoms with Crippen molar-refractivity contribution >= 4 is 69.0 Å². The molecule has 1 aromatic heterocycles. The Morgan fingerprint density at radius 1 is 1.18 bits per heavy atom. The van der Waals surface area contributed by atoms with Gasteiger partial charge in [-0.25, -0.2) is 9.59 Å². The molecule has 0 fully saturated rings. The molecule has 0 saturated heterocycles. The van der Waals surface area contributed by atoms with Gasteiger partial charge in [-0.2, -0.15) is 0 Å². The van der Waals surface area contributed by atoms with Gasteiger partial charge in [0, 0.05) is 33.6 Å². The third-order valence-corrected chi connectivity index (χ3v) is 5.41. The first kappa shape index (κ1) is 24.2. The van der Waals surface area contributed by atoms with E-state index in [0.29, 0.717) is 33.8 Å².